The number of rotatable bonds is 5. The first kappa shape index (κ1) is 10.6. The highest BCUT2D eigenvalue weighted by molar-refractivity contribution is 5.78. The Labute approximate surface area is 68.6 Å². The molecule has 0 unspecified atom stereocenters. The fraction of sp³-hybridized carbons (Fsp3) is 0.889. The Kier molecular flexibility index (Phi) is 5.12. The summed E-state index contributed by atoms with van der Waals surface area (Å²) in [6.45, 7) is 5.77. The maximum atomic E-state index is 11.1. The van der Waals surface area contributed by atoms with Crippen LogP contribution in [0.1, 0.15) is 40.0 Å². The average Bonchev–Trinajstić information content (AvgIpc) is 1.85. The molecular formula is C9H18O2. The van der Waals surface area contributed by atoms with Gasteiger partial charge in [0.25, 0.3) is 0 Å². The Balaban J connectivity index is 3.52. The maximum Gasteiger partial charge on any atom is 0.135 e. The normalized spacial score (nSPS) is 16.0. The number of Topliss-reactive ketones (excluding diaryl/α,β-unsaturated/α-hetero) is 1. The van der Waals surface area contributed by atoms with Gasteiger partial charge in [0.1, 0.15) is 5.78 Å². The molecule has 0 aliphatic rings. The quantitative estimate of drug-likeness (QED) is 0.662. The summed E-state index contributed by atoms with van der Waals surface area (Å²) < 4.78 is 0. The Morgan fingerprint density at radius 1 is 1.36 bits per heavy atom. The topological polar surface area (TPSA) is 37.3 Å². The Hall–Kier alpha value is -0.370. The van der Waals surface area contributed by atoms with Crippen LogP contribution in [-0.4, -0.2) is 17.0 Å². The van der Waals surface area contributed by atoms with Crippen LogP contribution in [0.25, 0.3) is 0 Å². The third-order valence-corrected chi connectivity index (χ3v) is 1.80. The number of hydrogen-bond donors (Lipinski definition) is 1. The first-order valence-electron chi connectivity index (χ1n) is 4.26. The molecule has 0 aliphatic carbocycles. The average molecular weight is 158 g/mol. The van der Waals surface area contributed by atoms with E-state index in [9.17, 15) is 4.79 Å². The van der Waals surface area contributed by atoms with Crippen LogP contribution in [0, 0.1) is 5.92 Å². The molecule has 0 aromatic rings. The minimum Gasteiger partial charge on any atom is -0.393 e. The molecule has 2 nitrogen and oxygen atoms in total. The van der Waals surface area contributed by atoms with Gasteiger partial charge >= 0.3 is 0 Å². The van der Waals surface area contributed by atoms with Crippen LogP contribution in [0.4, 0.5) is 0 Å². The van der Waals surface area contributed by atoms with Gasteiger partial charge in [0.05, 0.1) is 6.10 Å². The van der Waals surface area contributed by atoms with E-state index < -0.39 is 6.10 Å². The lowest BCUT2D eigenvalue weighted by molar-refractivity contribution is -0.121. The molecule has 0 saturated heterocycles. The summed E-state index contributed by atoms with van der Waals surface area (Å²) in [4.78, 5) is 11.1. The Morgan fingerprint density at radius 2 is 1.91 bits per heavy atom. The predicted octanol–water partition coefficient (Wildman–Crippen LogP) is 1.76. The molecule has 0 spiro atoms. The van der Waals surface area contributed by atoms with Crippen molar-refractivity contribution in [1.82, 2.24) is 0 Å². The van der Waals surface area contributed by atoms with Crippen LogP contribution in [0.3, 0.4) is 0 Å². The standard InChI is InChI=1S/C9H18O2/c1-4-7(2)5-9(11)6-8(3)10/h7-8,10H,4-6H2,1-3H3/t7-,8-/m0/s1. The van der Waals surface area contributed by atoms with Crippen molar-refractivity contribution in [3.63, 3.8) is 0 Å². The molecule has 2 atom stereocenters. The van der Waals surface area contributed by atoms with Crippen molar-refractivity contribution in [2.24, 2.45) is 5.92 Å². The molecule has 0 bridgehead atoms. The molecule has 0 heterocycles. The zero-order valence-corrected chi connectivity index (χ0v) is 7.63. The third-order valence-electron chi connectivity index (χ3n) is 1.80. The van der Waals surface area contributed by atoms with Gasteiger partial charge < -0.3 is 5.11 Å². The van der Waals surface area contributed by atoms with Crippen molar-refractivity contribution in [2.45, 2.75) is 46.1 Å². The largest absolute Gasteiger partial charge is 0.393 e. The lowest BCUT2D eigenvalue weighted by Crippen LogP contribution is -2.11. The Bertz CT molecular complexity index is 119. The fourth-order valence-electron chi connectivity index (χ4n) is 0.946. The lowest BCUT2D eigenvalue weighted by Gasteiger charge is -2.07. The summed E-state index contributed by atoms with van der Waals surface area (Å²) in [5.41, 5.74) is 0. The van der Waals surface area contributed by atoms with E-state index in [4.69, 9.17) is 5.11 Å². The summed E-state index contributed by atoms with van der Waals surface area (Å²) >= 11 is 0. The van der Waals surface area contributed by atoms with Gasteiger partial charge in [-0.05, 0) is 12.8 Å². The lowest BCUT2D eigenvalue weighted by atomic mass is 9.99. The second-order valence-electron chi connectivity index (χ2n) is 3.31. The van der Waals surface area contributed by atoms with Crippen molar-refractivity contribution in [3.05, 3.63) is 0 Å². The minimum atomic E-state index is -0.480. The molecule has 0 aliphatic heterocycles. The van der Waals surface area contributed by atoms with Crippen LogP contribution in [0.2, 0.25) is 0 Å². The van der Waals surface area contributed by atoms with Gasteiger partial charge in [-0.1, -0.05) is 20.3 Å². The van der Waals surface area contributed by atoms with Crippen LogP contribution < -0.4 is 0 Å². The predicted molar refractivity (Wildman–Crippen MR) is 45.4 cm³/mol. The van der Waals surface area contributed by atoms with Gasteiger partial charge in [-0.25, -0.2) is 0 Å². The summed E-state index contributed by atoms with van der Waals surface area (Å²) in [6, 6.07) is 0. The molecular weight excluding hydrogens is 140 g/mol. The van der Waals surface area contributed by atoms with E-state index in [0.717, 1.165) is 6.42 Å². The molecule has 66 valence electrons. The second-order valence-corrected chi connectivity index (χ2v) is 3.31. The van der Waals surface area contributed by atoms with Gasteiger partial charge in [-0.3, -0.25) is 4.79 Å². The molecule has 0 amide bonds. The van der Waals surface area contributed by atoms with Crippen LogP contribution in [-0.2, 0) is 4.79 Å². The van der Waals surface area contributed by atoms with Gasteiger partial charge in [-0.2, -0.15) is 0 Å². The van der Waals surface area contributed by atoms with E-state index in [1.54, 1.807) is 6.92 Å². The second kappa shape index (κ2) is 5.30. The van der Waals surface area contributed by atoms with Crippen molar-refractivity contribution < 1.29 is 9.90 Å². The van der Waals surface area contributed by atoms with E-state index in [1.807, 2.05) is 0 Å². The van der Waals surface area contributed by atoms with Crippen molar-refractivity contribution in [3.8, 4) is 0 Å². The summed E-state index contributed by atoms with van der Waals surface area (Å²) in [5, 5.41) is 8.89. The summed E-state index contributed by atoms with van der Waals surface area (Å²) in [5.74, 6) is 0.635. The van der Waals surface area contributed by atoms with E-state index in [2.05, 4.69) is 13.8 Å². The van der Waals surface area contributed by atoms with Crippen LogP contribution in [0.15, 0.2) is 0 Å². The zero-order valence-electron chi connectivity index (χ0n) is 7.63. The van der Waals surface area contributed by atoms with Crippen LogP contribution in [0.5, 0.6) is 0 Å². The van der Waals surface area contributed by atoms with E-state index >= 15 is 0 Å². The molecule has 11 heavy (non-hydrogen) atoms. The highest BCUT2D eigenvalue weighted by atomic mass is 16.3. The molecule has 2 heteroatoms. The SMILES string of the molecule is CC[C@H](C)CC(=O)C[C@H](C)O. The number of aliphatic hydroxyl groups is 1. The van der Waals surface area contributed by atoms with Crippen molar-refractivity contribution >= 4 is 5.78 Å². The van der Waals surface area contributed by atoms with E-state index in [-0.39, 0.29) is 5.78 Å². The highest BCUT2D eigenvalue weighted by Gasteiger charge is 2.09. The van der Waals surface area contributed by atoms with Gasteiger partial charge in [0.2, 0.25) is 0 Å². The molecule has 0 saturated carbocycles. The number of hydrogen-bond acceptors (Lipinski definition) is 2. The van der Waals surface area contributed by atoms with Gasteiger partial charge in [0, 0.05) is 12.8 Å². The molecule has 0 rings (SSSR count). The molecule has 0 aromatic heterocycles. The number of ketones is 1. The van der Waals surface area contributed by atoms with E-state index in [1.165, 1.54) is 0 Å². The maximum absolute atomic E-state index is 11.1. The van der Waals surface area contributed by atoms with Gasteiger partial charge in [-0.15, -0.1) is 0 Å². The van der Waals surface area contributed by atoms with Gasteiger partial charge in [0.15, 0.2) is 0 Å². The third kappa shape index (κ3) is 6.05. The smallest absolute Gasteiger partial charge is 0.135 e. The monoisotopic (exact) mass is 158 g/mol. The molecule has 0 radical (unpaired) electrons. The molecule has 1 N–H and O–H groups in total. The molecule has 0 fully saturated rings. The summed E-state index contributed by atoms with van der Waals surface area (Å²) in [7, 11) is 0. The number of aliphatic hydroxyl groups excluding tert-OH is 1. The first-order valence-corrected chi connectivity index (χ1v) is 4.26. The Morgan fingerprint density at radius 3 is 2.27 bits per heavy atom. The highest BCUT2D eigenvalue weighted by Crippen LogP contribution is 2.09. The molecule has 0 aromatic carbocycles. The summed E-state index contributed by atoms with van der Waals surface area (Å²) in [6.07, 6.45) is 1.48. The minimum absolute atomic E-state index is 0.175. The van der Waals surface area contributed by atoms with Crippen molar-refractivity contribution in [1.29, 1.82) is 0 Å². The number of carbonyl (C=O) groups excluding carboxylic acids is 1. The fourth-order valence-corrected chi connectivity index (χ4v) is 0.946. The first-order chi connectivity index (χ1) is 5.06. The number of carbonyl (C=O) groups is 1. The van der Waals surface area contributed by atoms with E-state index in [0.29, 0.717) is 18.8 Å². The van der Waals surface area contributed by atoms with Crippen LogP contribution >= 0.6 is 0 Å². The van der Waals surface area contributed by atoms with Crippen molar-refractivity contribution in [2.75, 3.05) is 0 Å². The zero-order chi connectivity index (χ0) is 8.85.